The van der Waals surface area contributed by atoms with Gasteiger partial charge in [0.15, 0.2) is 0 Å². The van der Waals surface area contributed by atoms with Crippen LogP contribution in [0, 0.1) is 0 Å². The quantitative estimate of drug-likeness (QED) is 0.674. The Bertz CT molecular complexity index is 820. The molecule has 0 aliphatic heterocycles. The number of halogens is 1. The molecule has 0 atom stereocenters. The maximum Gasteiger partial charge on any atom is 0.222 e. The second-order valence-electron chi connectivity index (χ2n) is 4.70. The van der Waals surface area contributed by atoms with Crippen molar-refractivity contribution in [2.45, 2.75) is 6.92 Å². The monoisotopic (exact) mass is 284 g/mol. The van der Waals surface area contributed by atoms with E-state index in [0.29, 0.717) is 0 Å². The fraction of sp³-hybridized carbons (Fsp3) is 0.133. The van der Waals surface area contributed by atoms with E-state index in [9.17, 15) is 0 Å². The summed E-state index contributed by atoms with van der Waals surface area (Å²) in [4.78, 5) is 8.14. The van der Waals surface area contributed by atoms with Crippen molar-refractivity contribution in [2.24, 2.45) is 7.05 Å². The Kier molecular flexibility index (Phi) is 3.03. The lowest BCUT2D eigenvalue weighted by Gasteiger charge is -2.03. The van der Waals surface area contributed by atoms with E-state index in [0.717, 1.165) is 33.4 Å². The summed E-state index contributed by atoms with van der Waals surface area (Å²) in [6, 6.07) is 7.86. The Balaban J connectivity index is 2.24. The summed E-state index contributed by atoms with van der Waals surface area (Å²) < 4.78 is 1.85. The SMILES string of the molecule is C=C(C)c1c2cc(-c3ccnc(Cl)n3)ccc2nn1C. The molecule has 0 fully saturated rings. The molecule has 0 aliphatic rings. The molecule has 3 aromatic rings. The lowest BCUT2D eigenvalue weighted by atomic mass is 10.1. The molecule has 1 aromatic carbocycles. The van der Waals surface area contributed by atoms with Crippen LogP contribution in [-0.4, -0.2) is 19.7 Å². The van der Waals surface area contributed by atoms with Gasteiger partial charge in [-0.25, -0.2) is 9.97 Å². The van der Waals surface area contributed by atoms with Crippen LogP contribution < -0.4 is 0 Å². The number of fused-ring (bicyclic) bond motifs is 1. The van der Waals surface area contributed by atoms with Crippen molar-refractivity contribution in [3.8, 4) is 11.3 Å². The number of aryl methyl sites for hydroxylation is 1. The highest BCUT2D eigenvalue weighted by molar-refractivity contribution is 6.28. The molecule has 0 radical (unpaired) electrons. The van der Waals surface area contributed by atoms with E-state index < -0.39 is 0 Å². The third-order valence-corrected chi connectivity index (χ3v) is 3.34. The zero-order valence-corrected chi connectivity index (χ0v) is 12.0. The molecule has 0 saturated carbocycles. The predicted molar refractivity (Wildman–Crippen MR) is 81.5 cm³/mol. The van der Waals surface area contributed by atoms with Gasteiger partial charge in [-0.05, 0) is 42.3 Å². The minimum Gasteiger partial charge on any atom is -0.267 e. The molecule has 0 bridgehead atoms. The van der Waals surface area contributed by atoms with Gasteiger partial charge in [0.05, 0.1) is 16.9 Å². The molecule has 0 spiro atoms. The summed E-state index contributed by atoms with van der Waals surface area (Å²) >= 11 is 5.85. The number of hydrogen-bond acceptors (Lipinski definition) is 3. The number of nitrogens with zero attached hydrogens (tertiary/aromatic N) is 4. The topological polar surface area (TPSA) is 43.6 Å². The van der Waals surface area contributed by atoms with E-state index >= 15 is 0 Å². The molecule has 100 valence electrons. The first-order valence-corrected chi connectivity index (χ1v) is 6.55. The highest BCUT2D eigenvalue weighted by Gasteiger charge is 2.11. The third-order valence-electron chi connectivity index (χ3n) is 3.16. The van der Waals surface area contributed by atoms with Crippen molar-refractivity contribution in [1.82, 2.24) is 19.7 Å². The molecule has 4 nitrogen and oxygen atoms in total. The Morgan fingerprint density at radius 3 is 2.80 bits per heavy atom. The molecular formula is C15H13ClN4. The van der Waals surface area contributed by atoms with Crippen LogP contribution in [-0.2, 0) is 7.05 Å². The van der Waals surface area contributed by atoms with Crippen LogP contribution in [0.2, 0.25) is 5.28 Å². The highest BCUT2D eigenvalue weighted by Crippen LogP contribution is 2.28. The molecule has 0 amide bonds. The Morgan fingerprint density at radius 2 is 2.10 bits per heavy atom. The van der Waals surface area contributed by atoms with Crippen LogP contribution in [0.25, 0.3) is 27.7 Å². The summed E-state index contributed by atoms with van der Waals surface area (Å²) in [6.45, 7) is 5.99. The highest BCUT2D eigenvalue weighted by atomic mass is 35.5. The van der Waals surface area contributed by atoms with Crippen LogP contribution in [0.15, 0.2) is 37.0 Å². The zero-order valence-electron chi connectivity index (χ0n) is 11.3. The molecule has 2 aromatic heterocycles. The molecule has 2 heterocycles. The normalized spacial score (nSPS) is 10.9. The van der Waals surface area contributed by atoms with E-state index in [-0.39, 0.29) is 5.28 Å². The Labute approximate surface area is 121 Å². The molecule has 5 heteroatoms. The maximum absolute atomic E-state index is 5.85. The fourth-order valence-electron chi connectivity index (χ4n) is 2.36. The van der Waals surface area contributed by atoms with E-state index in [2.05, 4.69) is 27.7 Å². The Morgan fingerprint density at radius 1 is 1.30 bits per heavy atom. The average Bonchev–Trinajstić information content (AvgIpc) is 2.73. The minimum atomic E-state index is 0.244. The lowest BCUT2D eigenvalue weighted by Crippen LogP contribution is -1.94. The van der Waals surface area contributed by atoms with Crippen molar-refractivity contribution < 1.29 is 0 Å². The van der Waals surface area contributed by atoms with Crippen molar-refractivity contribution in [1.29, 1.82) is 0 Å². The van der Waals surface area contributed by atoms with Crippen LogP contribution in [0.1, 0.15) is 12.6 Å². The van der Waals surface area contributed by atoms with Crippen molar-refractivity contribution in [2.75, 3.05) is 0 Å². The summed E-state index contributed by atoms with van der Waals surface area (Å²) in [6.07, 6.45) is 1.65. The number of allylic oxidation sites excluding steroid dienone is 1. The van der Waals surface area contributed by atoms with E-state index in [1.165, 1.54) is 0 Å². The van der Waals surface area contributed by atoms with Crippen LogP contribution in [0.3, 0.4) is 0 Å². The summed E-state index contributed by atoms with van der Waals surface area (Å²) in [5, 5.41) is 5.79. The first-order chi connectivity index (χ1) is 9.56. The second kappa shape index (κ2) is 4.72. The van der Waals surface area contributed by atoms with Gasteiger partial charge in [-0.15, -0.1) is 0 Å². The van der Waals surface area contributed by atoms with E-state index in [4.69, 9.17) is 11.6 Å². The van der Waals surface area contributed by atoms with Gasteiger partial charge >= 0.3 is 0 Å². The van der Waals surface area contributed by atoms with Crippen LogP contribution >= 0.6 is 11.6 Å². The standard InChI is InChI=1S/C15H13ClN4/c1-9(2)14-11-8-10(4-5-13(11)19-20(14)3)12-6-7-17-15(16)18-12/h4-8H,1H2,2-3H3. The molecular weight excluding hydrogens is 272 g/mol. The van der Waals surface area contributed by atoms with Crippen LogP contribution in [0.4, 0.5) is 0 Å². The maximum atomic E-state index is 5.85. The smallest absolute Gasteiger partial charge is 0.222 e. The van der Waals surface area contributed by atoms with Crippen molar-refractivity contribution in [3.05, 3.63) is 48.0 Å². The van der Waals surface area contributed by atoms with Gasteiger partial charge in [0, 0.05) is 24.2 Å². The zero-order chi connectivity index (χ0) is 14.3. The van der Waals surface area contributed by atoms with E-state index in [1.807, 2.05) is 36.9 Å². The molecule has 0 saturated heterocycles. The molecule has 0 aliphatic carbocycles. The van der Waals surface area contributed by atoms with Crippen LogP contribution in [0.5, 0.6) is 0 Å². The van der Waals surface area contributed by atoms with Gasteiger partial charge in [0.1, 0.15) is 0 Å². The largest absolute Gasteiger partial charge is 0.267 e. The van der Waals surface area contributed by atoms with Gasteiger partial charge in [0.25, 0.3) is 0 Å². The average molecular weight is 285 g/mol. The number of aromatic nitrogens is 4. The van der Waals surface area contributed by atoms with Gasteiger partial charge in [-0.1, -0.05) is 12.6 Å². The number of rotatable bonds is 2. The molecule has 0 N–H and O–H groups in total. The first kappa shape index (κ1) is 12.8. The molecule has 3 rings (SSSR count). The minimum absolute atomic E-state index is 0.244. The van der Waals surface area contributed by atoms with E-state index in [1.54, 1.807) is 6.20 Å². The fourth-order valence-corrected chi connectivity index (χ4v) is 2.51. The summed E-state index contributed by atoms with van der Waals surface area (Å²) in [5.41, 5.74) is 4.73. The third kappa shape index (κ3) is 2.08. The molecule has 20 heavy (non-hydrogen) atoms. The number of hydrogen-bond donors (Lipinski definition) is 0. The van der Waals surface area contributed by atoms with Gasteiger partial charge in [-0.2, -0.15) is 5.10 Å². The Hall–Kier alpha value is -2.20. The summed E-state index contributed by atoms with van der Waals surface area (Å²) in [7, 11) is 1.92. The predicted octanol–water partition coefficient (Wildman–Crippen LogP) is 3.72. The molecule has 0 unspecified atom stereocenters. The van der Waals surface area contributed by atoms with Gasteiger partial charge in [-0.3, -0.25) is 4.68 Å². The lowest BCUT2D eigenvalue weighted by molar-refractivity contribution is 0.767. The second-order valence-corrected chi connectivity index (χ2v) is 5.03. The van der Waals surface area contributed by atoms with Gasteiger partial charge in [0.2, 0.25) is 5.28 Å². The first-order valence-electron chi connectivity index (χ1n) is 6.18. The van der Waals surface area contributed by atoms with Crippen molar-refractivity contribution in [3.63, 3.8) is 0 Å². The van der Waals surface area contributed by atoms with Gasteiger partial charge < -0.3 is 0 Å². The van der Waals surface area contributed by atoms with Crippen molar-refractivity contribution >= 4 is 28.1 Å². The number of benzene rings is 1. The summed E-state index contributed by atoms with van der Waals surface area (Å²) in [5.74, 6) is 0.